The van der Waals surface area contributed by atoms with Crippen LogP contribution in [0.3, 0.4) is 0 Å². The molecule has 1 heterocycles. The molecule has 0 amide bonds. The van der Waals surface area contributed by atoms with Gasteiger partial charge in [0.15, 0.2) is 0 Å². The van der Waals surface area contributed by atoms with Crippen LogP contribution in [-0.2, 0) is 0 Å². The lowest BCUT2D eigenvalue weighted by Gasteiger charge is -2.37. The molecule has 3 unspecified atom stereocenters. The lowest BCUT2D eigenvalue weighted by molar-refractivity contribution is 0.154. The molecular formula is C14H19NO. The van der Waals surface area contributed by atoms with Gasteiger partial charge >= 0.3 is 0 Å². The molecule has 2 N–H and O–H groups in total. The quantitative estimate of drug-likeness (QED) is 0.844. The monoisotopic (exact) mass is 217 g/mol. The Labute approximate surface area is 96.8 Å². The molecule has 0 aromatic heterocycles. The Morgan fingerprint density at radius 3 is 2.75 bits per heavy atom. The highest BCUT2D eigenvalue weighted by Gasteiger charge is 2.34. The first kappa shape index (κ1) is 10.2. The van der Waals surface area contributed by atoms with Gasteiger partial charge in [-0.3, -0.25) is 0 Å². The van der Waals surface area contributed by atoms with Crippen LogP contribution < -0.4 is 10.5 Å². The van der Waals surface area contributed by atoms with E-state index >= 15 is 0 Å². The van der Waals surface area contributed by atoms with Crippen molar-refractivity contribution in [2.24, 2.45) is 17.6 Å². The van der Waals surface area contributed by atoms with Crippen molar-refractivity contribution in [2.75, 3.05) is 13.2 Å². The Morgan fingerprint density at radius 2 is 2.00 bits per heavy atom. The lowest BCUT2D eigenvalue weighted by Crippen LogP contribution is -2.33. The van der Waals surface area contributed by atoms with E-state index in [4.69, 9.17) is 10.5 Å². The minimum absolute atomic E-state index is 0.607. The number of nitrogens with two attached hydrogens (primary N) is 1. The minimum atomic E-state index is 0.607. The van der Waals surface area contributed by atoms with Gasteiger partial charge in [0.2, 0.25) is 0 Å². The molecule has 16 heavy (non-hydrogen) atoms. The highest BCUT2D eigenvalue weighted by Crippen LogP contribution is 2.44. The predicted octanol–water partition coefficient (Wildman–Crippen LogP) is 2.54. The maximum absolute atomic E-state index is 5.76. The van der Waals surface area contributed by atoms with E-state index < -0.39 is 0 Å². The molecule has 1 aromatic carbocycles. The Kier molecular flexibility index (Phi) is 2.60. The van der Waals surface area contributed by atoms with Crippen LogP contribution in [0.4, 0.5) is 0 Å². The van der Waals surface area contributed by atoms with Crippen molar-refractivity contribution in [3.63, 3.8) is 0 Å². The summed E-state index contributed by atoms with van der Waals surface area (Å²) in [7, 11) is 0. The first-order chi connectivity index (χ1) is 7.88. The van der Waals surface area contributed by atoms with E-state index in [2.05, 4.69) is 18.2 Å². The molecule has 1 aromatic rings. The fourth-order valence-electron chi connectivity index (χ4n) is 3.05. The van der Waals surface area contributed by atoms with Gasteiger partial charge < -0.3 is 10.5 Å². The molecule has 86 valence electrons. The first-order valence-electron chi connectivity index (χ1n) is 6.30. The van der Waals surface area contributed by atoms with E-state index in [1.807, 2.05) is 6.07 Å². The van der Waals surface area contributed by atoms with E-state index in [1.165, 1.54) is 24.8 Å². The van der Waals surface area contributed by atoms with Crippen molar-refractivity contribution in [3.8, 4) is 5.75 Å². The van der Waals surface area contributed by atoms with Gasteiger partial charge in [0, 0.05) is 11.5 Å². The second-order valence-corrected chi connectivity index (χ2v) is 5.11. The molecule has 0 saturated heterocycles. The van der Waals surface area contributed by atoms with E-state index in [-0.39, 0.29) is 0 Å². The maximum atomic E-state index is 5.76. The largest absolute Gasteiger partial charge is 0.493 e. The summed E-state index contributed by atoms with van der Waals surface area (Å²) in [6.07, 6.45) is 3.95. The van der Waals surface area contributed by atoms with Gasteiger partial charge in [-0.2, -0.15) is 0 Å². The maximum Gasteiger partial charge on any atom is 0.122 e. The van der Waals surface area contributed by atoms with Crippen molar-refractivity contribution in [1.82, 2.24) is 0 Å². The lowest BCUT2D eigenvalue weighted by atomic mass is 9.69. The average molecular weight is 217 g/mol. The van der Waals surface area contributed by atoms with Crippen molar-refractivity contribution >= 4 is 0 Å². The standard InChI is InChI=1S/C14H19NO/c15-8-11-6-5-10(11)7-12-9-16-14-4-2-1-3-13(12)14/h1-4,10-12H,5-9,15H2. The van der Waals surface area contributed by atoms with Crippen molar-refractivity contribution < 1.29 is 4.74 Å². The van der Waals surface area contributed by atoms with Crippen molar-refractivity contribution in [1.29, 1.82) is 0 Å². The highest BCUT2D eigenvalue weighted by molar-refractivity contribution is 5.39. The third-order valence-electron chi connectivity index (χ3n) is 4.26. The summed E-state index contributed by atoms with van der Waals surface area (Å²) in [6.45, 7) is 1.73. The Balaban J connectivity index is 1.69. The minimum Gasteiger partial charge on any atom is -0.493 e. The van der Waals surface area contributed by atoms with Crippen molar-refractivity contribution in [2.45, 2.75) is 25.2 Å². The van der Waals surface area contributed by atoms with Gasteiger partial charge in [-0.05, 0) is 43.7 Å². The Bertz CT molecular complexity index is 375. The number of ether oxygens (including phenoxy) is 1. The summed E-state index contributed by atoms with van der Waals surface area (Å²) in [6, 6.07) is 8.45. The number of hydrogen-bond acceptors (Lipinski definition) is 2. The third-order valence-corrected chi connectivity index (χ3v) is 4.26. The fraction of sp³-hybridized carbons (Fsp3) is 0.571. The van der Waals surface area contributed by atoms with Crippen LogP contribution in [0.5, 0.6) is 5.75 Å². The number of para-hydroxylation sites is 1. The fourth-order valence-corrected chi connectivity index (χ4v) is 3.05. The Morgan fingerprint density at radius 1 is 1.19 bits per heavy atom. The zero-order valence-electron chi connectivity index (χ0n) is 9.56. The zero-order chi connectivity index (χ0) is 11.0. The first-order valence-corrected chi connectivity index (χ1v) is 6.30. The molecular weight excluding hydrogens is 198 g/mol. The van der Waals surface area contributed by atoms with Crippen molar-refractivity contribution in [3.05, 3.63) is 29.8 Å². The molecule has 1 fully saturated rings. The van der Waals surface area contributed by atoms with Crippen LogP contribution in [0.1, 0.15) is 30.7 Å². The number of fused-ring (bicyclic) bond motifs is 1. The summed E-state index contributed by atoms with van der Waals surface area (Å²) >= 11 is 0. The second-order valence-electron chi connectivity index (χ2n) is 5.11. The van der Waals surface area contributed by atoms with Crippen LogP contribution in [0.2, 0.25) is 0 Å². The second kappa shape index (κ2) is 4.10. The van der Waals surface area contributed by atoms with E-state index in [0.29, 0.717) is 5.92 Å². The average Bonchev–Trinajstić information content (AvgIpc) is 2.68. The van der Waals surface area contributed by atoms with Gasteiger partial charge in [-0.1, -0.05) is 18.2 Å². The van der Waals surface area contributed by atoms with E-state index in [0.717, 1.165) is 30.7 Å². The molecule has 2 heteroatoms. The molecule has 2 aliphatic rings. The number of rotatable bonds is 3. The summed E-state index contributed by atoms with van der Waals surface area (Å²) in [5, 5.41) is 0. The molecule has 1 aliphatic heterocycles. The normalized spacial score (nSPS) is 31.7. The molecule has 3 atom stereocenters. The van der Waals surface area contributed by atoms with Crippen LogP contribution in [0, 0.1) is 11.8 Å². The summed E-state index contributed by atoms with van der Waals surface area (Å²) in [5.41, 5.74) is 7.17. The zero-order valence-corrected chi connectivity index (χ0v) is 9.56. The highest BCUT2D eigenvalue weighted by atomic mass is 16.5. The summed E-state index contributed by atoms with van der Waals surface area (Å²) < 4.78 is 5.72. The molecule has 1 saturated carbocycles. The van der Waals surface area contributed by atoms with Gasteiger partial charge in [-0.15, -0.1) is 0 Å². The van der Waals surface area contributed by atoms with Crippen LogP contribution >= 0.6 is 0 Å². The predicted molar refractivity (Wildman–Crippen MR) is 64.6 cm³/mol. The van der Waals surface area contributed by atoms with Gasteiger partial charge in [0.1, 0.15) is 5.75 Å². The van der Waals surface area contributed by atoms with Crippen LogP contribution in [0.25, 0.3) is 0 Å². The molecule has 0 spiro atoms. The third kappa shape index (κ3) is 1.61. The van der Waals surface area contributed by atoms with Gasteiger partial charge in [0.25, 0.3) is 0 Å². The SMILES string of the molecule is NCC1CCC1CC1COc2ccccc21. The van der Waals surface area contributed by atoms with E-state index in [9.17, 15) is 0 Å². The van der Waals surface area contributed by atoms with E-state index in [1.54, 1.807) is 0 Å². The summed E-state index contributed by atoms with van der Waals surface area (Å²) in [4.78, 5) is 0. The molecule has 1 aliphatic carbocycles. The smallest absolute Gasteiger partial charge is 0.122 e. The van der Waals surface area contributed by atoms with Crippen LogP contribution in [-0.4, -0.2) is 13.2 Å². The van der Waals surface area contributed by atoms with Gasteiger partial charge in [0.05, 0.1) is 6.61 Å². The molecule has 0 bridgehead atoms. The molecule has 0 radical (unpaired) electrons. The number of benzene rings is 1. The van der Waals surface area contributed by atoms with Crippen LogP contribution in [0.15, 0.2) is 24.3 Å². The molecule has 2 nitrogen and oxygen atoms in total. The number of hydrogen-bond donors (Lipinski definition) is 1. The Hall–Kier alpha value is -1.02. The van der Waals surface area contributed by atoms with Gasteiger partial charge in [-0.25, -0.2) is 0 Å². The summed E-state index contributed by atoms with van der Waals surface area (Å²) in [5.74, 6) is 3.31. The topological polar surface area (TPSA) is 35.2 Å². The molecule has 3 rings (SSSR count).